The molecular formula is C12H23NO6. The number of hydrogen-bond donors (Lipinski definition) is 3. The molecule has 1 unspecified atom stereocenters. The van der Waals surface area contributed by atoms with Crippen LogP contribution in [0.1, 0.15) is 19.3 Å². The van der Waals surface area contributed by atoms with E-state index in [-0.39, 0.29) is 38.7 Å². The summed E-state index contributed by atoms with van der Waals surface area (Å²) in [5.74, 6) is -0.0829. The van der Waals surface area contributed by atoms with Crippen LogP contribution in [-0.4, -0.2) is 62.2 Å². The van der Waals surface area contributed by atoms with Gasteiger partial charge in [0.1, 0.15) is 6.29 Å². The normalized spacial score (nSPS) is 11.9. The van der Waals surface area contributed by atoms with Crippen LogP contribution in [0.2, 0.25) is 0 Å². The van der Waals surface area contributed by atoms with E-state index < -0.39 is 6.09 Å². The van der Waals surface area contributed by atoms with Crippen LogP contribution >= 0.6 is 0 Å². The summed E-state index contributed by atoms with van der Waals surface area (Å²) in [5.41, 5.74) is 0. The summed E-state index contributed by atoms with van der Waals surface area (Å²) in [6.45, 7) is 1.25. The smallest absolute Gasteiger partial charge is 0.407 e. The van der Waals surface area contributed by atoms with Crippen LogP contribution in [0.5, 0.6) is 0 Å². The lowest BCUT2D eigenvalue weighted by molar-refractivity contribution is -0.107. The topological polar surface area (TPSA) is 105 Å². The number of alkyl carbamates (subject to hydrolysis) is 1. The highest BCUT2D eigenvalue weighted by molar-refractivity contribution is 5.67. The first-order valence-electron chi connectivity index (χ1n) is 6.38. The second kappa shape index (κ2) is 13.3. The quantitative estimate of drug-likeness (QED) is 0.334. The van der Waals surface area contributed by atoms with Gasteiger partial charge in [0.05, 0.1) is 13.2 Å². The molecule has 0 spiro atoms. The van der Waals surface area contributed by atoms with E-state index >= 15 is 0 Å². The molecule has 0 aromatic rings. The molecule has 0 aliphatic rings. The van der Waals surface area contributed by atoms with Gasteiger partial charge >= 0.3 is 6.09 Å². The Labute approximate surface area is 112 Å². The fraction of sp³-hybridized carbons (Fsp3) is 0.833. The first kappa shape index (κ1) is 17.8. The number of carbonyl (C=O) groups is 2. The Hall–Kier alpha value is -1.18. The van der Waals surface area contributed by atoms with Gasteiger partial charge in [-0.2, -0.15) is 0 Å². The molecule has 19 heavy (non-hydrogen) atoms. The largest absolute Gasteiger partial charge is 0.449 e. The molecule has 0 aromatic carbocycles. The second-order valence-electron chi connectivity index (χ2n) is 4.01. The number of aldehydes is 1. The number of carbonyl (C=O) groups excluding carboxylic acids is 2. The minimum atomic E-state index is -0.583. The molecular weight excluding hydrogens is 254 g/mol. The zero-order valence-electron chi connectivity index (χ0n) is 11.0. The van der Waals surface area contributed by atoms with Crippen LogP contribution in [0.15, 0.2) is 0 Å². The Bertz CT molecular complexity index is 236. The third-order valence-corrected chi connectivity index (χ3v) is 2.32. The predicted molar refractivity (Wildman–Crippen MR) is 67.7 cm³/mol. The molecule has 0 radical (unpaired) electrons. The minimum absolute atomic E-state index is 0.00977. The molecule has 3 N–H and O–H groups in total. The van der Waals surface area contributed by atoms with Crippen LogP contribution in [0.4, 0.5) is 4.79 Å². The van der Waals surface area contributed by atoms with Crippen molar-refractivity contribution in [3.8, 4) is 0 Å². The van der Waals surface area contributed by atoms with E-state index in [1.807, 2.05) is 0 Å². The van der Waals surface area contributed by atoms with E-state index in [9.17, 15) is 9.59 Å². The number of nitrogens with one attached hydrogen (secondary N) is 1. The van der Waals surface area contributed by atoms with Gasteiger partial charge in [0.15, 0.2) is 0 Å². The molecule has 0 aliphatic carbocycles. The van der Waals surface area contributed by atoms with Gasteiger partial charge < -0.3 is 29.8 Å². The van der Waals surface area contributed by atoms with Crippen molar-refractivity contribution >= 4 is 12.4 Å². The van der Waals surface area contributed by atoms with Gasteiger partial charge in [-0.15, -0.1) is 0 Å². The van der Waals surface area contributed by atoms with Crippen molar-refractivity contribution in [1.29, 1.82) is 0 Å². The summed E-state index contributed by atoms with van der Waals surface area (Å²) >= 11 is 0. The summed E-state index contributed by atoms with van der Waals surface area (Å²) in [6.07, 6.45) is 1.41. The first-order valence-corrected chi connectivity index (χ1v) is 6.38. The molecule has 0 saturated heterocycles. The average Bonchev–Trinajstić information content (AvgIpc) is 2.41. The Kier molecular flexibility index (Phi) is 12.4. The van der Waals surface area contributed by atoms with Crippen LogP contribution in [0.3, 0.4) is 0 Å². The molecule has 1 atom stereocenters. The SMILES string of the molecule is O=CCCNC(=O)OCC(CCO)COCCCO. The second-order valence-corrected chi connectivity index (χ2v) is 4.01. The van der Waals surface area contributed by atoms with Gasteiger partial charge in [-0.1, -0.05) is 0 Å². The van der Waals surface area contributed by atoms with Gasteiger partial charge in [0.2, 0.25) is 0 Å². The van der Waals surface area contributed by atoms with Crippen LogP contribution in [0.25, 0.3) is 0 Å². The van der Waals surface area contributed by atoms with Crippen molar-refractivity contribution in [3.05, 3.63) is 0 Å². The minimum Gasteiger partial charge on any atom is -0.449 e. The summed E-state index contributed by atoms with van der Waals surface area (Å²) in [7, 11) is 0. The molecule has 7 heteroatoms. The zero-order chi connectivity index (χ0) is 14.3. The highest BCUT2D eigenvalue weighted by Crippen LogP contribution is 2.05. The maximum absolute atomic E-state index is 11.2. The molecule has 7 nitrogen and oxygen atoms in total. The van der Waals surface area contributed by atoms with Crippen LogP contribution in [-0.2, 0) is 14.3 Å². The molecule has 0 heterocycles. The van der Waals surface area contributed by atoms with Crippen LogP contribution in [0, 0.1) is 5.92 Å². The number of hydrogen-bond acceptors (Lipinski definition) is 6. The van der Waals surface area contributed by atoms with E-state index in [1.165, 1.54) is 0 Å². The maximum Gasteiger partial charge on any atom is 0.407 e. The molecule has 0 bridgehead atoms. The Morgan fingerprint density at radius 1 is 1.26 bits per heavy atom. The van der Waals surface area contributed by atoms with Gasteiger partial charge in [0.25, 0.3) is 0 Å². The summed E-state index contributed by atoms with van der Waals surface area (Å²) in [5, 5.41) is 19.9. The Balaban J connectivity index is 3.73. The first-order chi connectivity index (χ1) is 9.24. The van der Waals surface area contributed by atoms with Crippen molar-refractivity contribution in [2.75, 3.05) is 39.6 Å². The van der Waals surface area contributed by atoms with Gasteiger partial charge in [-0.3, -0.25) is 0 Å². The third-order valence-electron chi connectivity index (χ3n) is 2.32. The molecule has 112 valence electrons. The zero-order valence-corrected chi connectivity index (χ0v) is 11.0. The van der Waals surface area contributed by atoms with E-state index in [4.69, 9.17) is 19.7 Å². The number of aliphatic hydroxyl groups excluding tert-OH is 2. The van der Waals surface area contributed by atoms with Crippen molar-refractivity contribution in [1.82, 2.24) is 5.32 Å². The van der Waals surface area contributed by atoms with Crippen molar-refractivity contribution in [2.24, 2.45) is 5.92 Å². The van der Waals surface area contributed by atoms with Gasteiger partial charge in [0, 0.05) is 38.7 Å². The lowest BCUT2D eigenvalue weighted by atomic mass is 10.1. The lowest BCUT2D eigenvalue weighted by Crippen LogP contribution is -2.29. The maximum atomic E-state index is 11.2. The number of rotatable bonds is 12. The van der Waals surface area contributed by atoms with Gasteiger partial charge in [-0.25, -0.2) is 4.79 Å². The fourth-order valence-electron chi connectivity index (χ4n) is 1.29. The predicted octanol–water partition coefficient (Wildman–Crippen LogP) is -0.301. The third kappa shape index (κ3) is 11.6. The Morgan fingerprint density at radius 3 is 2.68 bits per heavy atom. The summed E-state index contributed by atoms with van der Waals surface area (Å²) in [6, 6.07) is 0. The highest BCUT2D eigenvalue weighted by atomic mass is 16.5. The van der Waals surface area contributed by atoms with Crippen molar-refractivity contribution in [2.45, 2.75) is 19.3 Å². The van der Waals surface area contributed by atoms with E-state index in [0.717, 1.165) is 0 Å². The summed E-state index contributed by atoms with van der Waals surface area (Å²) in [4.78, 5) is 21.3. The van der Waals surface area contributed by atoms with Crippen molar-refractivity contribution in [3.63, 3.8) is 0 Å². The number of aliphatic hydroxyl groups is 2. The molecule has 0 rings (SSSR count). The molecule has 0 fully saturated rings. The van der Waals surface area contributed by atoms with E-state index in [2.05, 4.69) is 5.32 Å². The highest BCUT2D eigenvalue weighted by Gasteiger charge is 2.11. The fourth-order valence-corrected chi connectivity index (χ4v) is 1.29. The number of amides is 1. The lowest BCUT2D eigenvalue weighted by Gasteiger charge is -2.16. The van der Waals surface area contributed by atoms with E-state index in [0.29, 0.717) is 32.3 Å². The van der Waals surface area contributed by atoms with E-state index in [1.54, 1.807) is 0 Å². The molecule has 0 saturated carbocycles. The molecule has 0 aromatic heterocycles. The van der Waals surface area contributed by atoms with Gasteiger partial charge in [-0.05, 0) is 12.8 Å². The molecule has 1 amide bonds. The number of ether oxygens (including phenoxy) is 2. The average molecular weight is 277 g/mol. The standard InChI is InChI=1S/C12H23NO6/c14-5-1-4-13-12(17)19-10-11(3-7-16)9-18-8-2-6-15/h5,11,15-16H,1-4,6-10H2,(H,13,17). The van der Waals surface area contributed by atoms with Crippen LogP contribution < -0.4 is 5.32 Å². The van der Waals surface area contributed by atoms with Crippen molar-refractivity contribution < 1.29 is 29.3 Å². The summed E-state index contributed by atoms with van der Waals surface area (Å²) < 4.78 is 10.2. The monoisotopic (exact) mass is 277 g/mol. The molecule has 0 aliphatic heterocycles. The Morgan fingerprint density at radius 2 is 2.05 bits per heavy atom.